The van der Waals surface area contributed by atoms with Crippen molar-refractivity contribution in [3.63, 3.8) is 0 Å². The molecule has 2 aromatic carbocycles. The van der Waals surface area contributed by atoms with E-state index >= 15 is 0 Å². The van der Waals surface area contributed by atoms with Crippen LogP contribution in [-0.4, -0.2) is 30.8 Å². The van der Waals surface area contributed by atoms with E-state index in [2.05, 4.69) is 20.9 Å². The number of thiazole rings is 1. The van der Waals surface area contributed by atoms with E-state index in [0.717, 1.165) is 20.4 Å². The molecule has 0 bridgehead atoms. The first-order valence-electron chi connectivity index (χ1n) is 8.22. The fraction of sp³-hybridized carbons (Fsp3) is 0.263. The van der Waals surface area contributed by atoms with Crippen LogP contribution in [0.25, 0.3) is 10.2 Å². The normalized spacial score (nSPS) is 11.9. The first kappa shape index (κ1) is 18.8. The van der Waals surface area contributed by atoms with E-state index in [9.17, 15) is 4.79 Å². The molecule has 136 valence electrons. The van der Waals surface area contributed by atoms with E-state index in [1.165, 1.54) is 11.3 Å². The maximum atomic E-state index is 12.7. The Balaban J connectivity index is 2.09. The molecule has 0 radical (unpaired) electrons. The third-order valence-corrected chi connectivity index (χ3v) is 5.59. The van der Waals surface area contributed by atoms with E-state index in [1.54, 1.807) is 13.2 Å². The number of fused-ring (bicyclic) bond motifs is 1. The van der Waals surface area contributed by atoms with Crippen LogP contribution in [0.3, 0.4) is 0 Å². The number of hydrogen-bond donors (Lipinski definition) is 0. The highest BCUT2D eigenvalue weighted by Gasteiger charge is 2.12. The van der Waals surface area contributed by atoms with Crippen molar-refractivity contribution in [1.29, 1.82) is 0 Å². The molecule has 0 atom stereocenters. The summed E-state index contributed by atoms with van der Waals surface area (Å²) in [6, 6.07) is 13.1. The van der Waals surface area contributed by atoms with Crippen LogP contribution < -0.4 is 9.54 Å². The van der Waals surface area contributed by atoms with Crippen molar-refractivity contribution in [2.45, 2.75) is 13.5 Å². The molecule has 0 aliphatic carbocycles. The number of carbonyl (C=O) groups excluding carboxylic acids is 1. The Hall–Kier alpha value is -1.96. The predicted molar refractivity (Wildman–Crippen MR) is 107 cm³/mol. The van der Waals surface area contributed by atoms with Crippen LogP contribution in [0.2, 0.25) is 0 Å². The van der Waals surface area contributed by atoms with Crippen LogP contribution >= 0.6 is 27.3 Å². The molecule has 0 unspecified atom stereocenters. The van der Waals surface area contributed by atoms with Gasteiger partial charge in [0.05, 0.1) is 29.5 Å². The molecule has 1 aromatic heterocycles. The van der Waals surface area contributed by atoms with Crippen LogP contribution in [0, 0.1) is 0 Å². The second-order valence-electron chi connectivity index (χ2n) is 5.46. The lowest BCUT2D eigenvalue weighted by Crippen LogP contribution is -2.19. The lowest BCUT2D eigenvalue weighted by atomic mass is 10.2. The topological polar surface area (TPSA) is 52.8 Å². The third kappa shape index (κ3) is 4.06. The van der Waals surface area contributed by atoms with E-state index in [0.29, 0.717) is 30.1 Å². The zero-order chi connectivity index (χ0) is 18.5. The number of rotatable bonds is 6. The van der Waals surface area contributed by atoms with Gasteiger partial charge in [-0.05, 0) is 53.2 Å². The maximum Gasteiger partial charge on any atom is 0.280 e. The summed E-state index contributed by atoms with van der Waals surface area (Å²) in [4.78, 5) is 17.7. The van der Waals surface area contributed by atoms with Crippen molar-refractivity contribution in [3.8, 4) is 5.75 Å². The number of carbonyl (C=O) groups is 1. The standard InChI is InChI=1S/C19H19BrN2O3S/c1-3-25-11-10-22-16-9-8-13(24-2)12-17(16)26-19(22)21-18(23)14-6-4-5-7-15(14)20/h4-9,12H,3,10-11H2,1-2H3. The summed E-state index contributed by atoms with van der Waals surface area (Å²) in [5.74, 6) is 0.501. The summed E-state index contributed by atoms with van der Waals surface area (Å²) in [7, 11) is 1.64. The number of hydrogen-bond acceptors (Lipinski definition) is 4. The molecule has 26 heavy (non-hydrogen) atoms. The first-order chi connectivity index (χ1) is 12.6. The SMILES string of the molecule is CCOCCn1c(=NC(=O)c2ccccc2Br)sc2cc(OC)ccc21. The molecule has 3 aromatic rings. The van der Waals surface area contributed by atoms with Gasteiger partial charge in [-0.2, -0.15) is 4.99 Å². The Kier molecular flexibility index (Phi) is 6.24. The largest absolute Gasteiger partial charge is 0.497 e. The number of nitrogens with zero attached hydrogens (tertiary/aromatic N) is 2. The Labute approximate surface area is 164 Å². The molecule has 1 amide bonds. The summed E-state index contributed by atoms with van der Waals surface area (Å²) in [6.07, 6.45) is 0. The van der Waals surface area contributed by atoms with Gasteiger partial charge in [-0.15, -0.1) is 0 Å². The fourth-order valence-electron chi connectivity index (χ4n) is 2.56. The van der Waals surface area contributed by atoms with E-state index in [1.807, 2.05) is 47.9 Å². The van der Waals surface area contributed by atoms with Gasteiger partial charge < -0.3 is 14.0 Å². The number of halogens is 1. The summed E-state index contributed by atoms with van der Waals surface area (Å²) in [6.45, 7) is 3.80. The molecule has 0 saturated heterocycles. The summed E-state index contributed by atoms with van der Waals surface area (Å²) in [5.41, 5.74) is 1.55. The van der Waals surface area contributed by atoms with Crippen molar-refractivity contribution in [1.82, 2.24) is 4.57 Å². The highest BCUT2D eigenvalue weighted by Crippen LogP contribution is 2.23. The van der Waals surface area contributed by atoms with Crippen molar-refractivity contribution >= 4 is 43.4 Å². The Morgan fingerprint density at radius 1 is 1.27 bits per heavy atom. The fourth-order valence-corrected chi connectivity index (χ4v) is 4.10. The molecule has 0 N–H and O–H groups in total. The molecular formula is C19H19BrN2O3S. The Morgan fingerprint density at radius 3 is 2.81 bits per heavy atom. The number of ether oxygens (including phenoxy) is 2. The zero-order valence-electron chi connectivity index (χ0n) is 14.6. The second-order valence-corrected chi connectivity index (χ2v) is 7.33. The highest BCUT2D eigenvalue weighted by atomic mass is 79.9. The molecule has 0 aliphatic heterocycles. The molecular weight excluding hydrogens is 416 g/mol. The van der Waals surface area contributed by atoms with Crippen LogP contribution in [0.5, 0.6) is 5.75 Å². The molecule has 3 rings (SSSR count). The number of benzene rings is 2. The molecule has 1 heterocycles. The van der Waals surface area contributed by atoms with Crippen LogP contribution in [0.1, 0.15) is 17.3 Å². The van der Waals surface area contributed by atoms with Crippen LogP contribution in [0.15, 0.2) is 51.9 Å². The smallest absolute Gasteiger partial charge is 0.280 e. The quantitative estimate of drug-likeness (QED) is 0.544. The van der Waals surface area contributed by atoms with Gasteiger partial charge in [0, 0.05) is 17.6 Å². The lowest BCUT2D eigenvalue weighted by Gasteiger charge is -2.06. The van der Waals surface area contributed by atoms with Crippen molar-refractivity contribution in [2.75, 3.05) is 20.3 Å². The minimum Gasteiger partial charge on any atom is -0.497 e. The van der Waals surface area contributed by atoms with Gasteiger partial charge in [0.2, 0.25) is 0 Å². The van der Waals surface area contributed by atoms with Crippen molar-refractivity contribution in [3.05, 3.63) is 57.3 Å². The van der Waals surface area contributed by atoms with Gasteiger partial charge in [-0.1, -0.05) is 23.5 Å². The third-order valence-electron chi connectivity index (χ3n) is 3.85. The molecule has 0 saturated carbocycles. The number of methoxy groups -OCH3 is 1. The highest BCUT2D eigenvalue weighted by molar-refractivity contribution is 9.10. The average molecular weight is 435 g/mol. The van der Waals surface area contributed by atoms with Crippen molar-refractivity contribution in [2.24, 2.45) is 4.99 Å². The number of aromatic nitrogens is 1. The van der Waals surface area contributed by atoms with E-state index in [4.69, 9.17) is 9.47 Å². The van der Waals surface area contributed by atoms with Gasteiger partial charge in [0.1, 0.15) is 5.75 Å². The molecule has 0 spiro atoms. The maximum absolute atomic E-state index is 12.7. The first-order valence-corrected chi connectivity index (χ1v) is 9.83. The van der Waals surface area contributed by atoms with E-state index in [-0.39, 0.29) is 5.91 Å². The monoisotopic (exact) mass is 434 g/mol. The average Bonchev–Trinajstić information content (AvgIpc) is 2.98. The van der Waals surface area contributed by atoms with Gasteiger partial charge in [0.15, 0.2) is 4.80 Å². The lowest BCUT2D eigenvalue weighted by molar-refractivity contribution is 0.0996. The molecule has 0 aliphatic rings. The van der Waals surface area contributed by atoms with Gasteiger partial charge in [0.25, 0.3) is 5.91 Å². The zero-order valence-corrected chi connectivity index (χ0v) is 17.0. The minimum absolute atomic E-state index is 0.277. The van der Waals surface area contributed by atoms with Crippen LogP contribution in [0.4, 0.5) is 0 Å². The molecule has 5 nitrogen and oxygen atoms in total. The minimum atomic E-state index is -0.277. The molecule has 7 heteroatoms. The van der Waals surface area contributed by atoms with E-state index < -0.39 is 0 Å². The van der Waals surface area contributed by atoms with Gasteiger partial charge in [-0.3, -0.25) is 4.79 Å². The predicted octanol–water partition coefficient (Wildman–Crippen LogP) is 4.25. The van der Waals surface area contributed by atoms with Crippen LogP contribution in [-0.2, 0) is 11.3 Å². The summed E-state index contributed by atoms with van der Waals surface area (Å²) < 4.78 is 14.6. The van der Waals surface area contributed by atoms with Crippen molar-refractivity contribution < 1.29 is 14.3 Å². The Morgan fingerprint density at radius 2 is 2.08 bits per heavy atom. The Bertz CT molecular complexity index is 994. The summed E-state index contributed by atoms with van der Waals surface area (Å²) >= 11 is 4.88. The summed E-state index contributed by atoms with van der Waals surface area (Å²) in [5, 5.41) is 0. The van der Waals surface area contributed by atoms with Gasteiger partial charge in [-0.25, -0.2) is 0 Å². The number of amides is 1. The van der Waals surface area contributed by atoms with Gasteiger partial charge >= 0.3 is 0 Å². The second kappa shape index (κ2) is 8.62. The molecule has 0 fully saturated rings.